The summed E-state index contributed by atoms with van der Waals surface area (Å²) in [5.74, 6) is -0.892. The van der Waals surface area contributed by atoms with Gasteiger partial charge in [0.25, 0.3) is 0 Å². The minimum atomic E-state index is -0.892. The molecule has 2 rings (SSSR count). The van der Waals surface area contributed by atoms with Gasteiger partial charge < -0.3 is 9.84 Å². The summed E-state index contributed by atoms with van der Waals surface area (Å²) in [4.78, 5) is 11.0. The van der Waals surface area contributed by atoms with Gasteiger partial charge in [-0.15, -0.1) is 11.3 Å². The predicted molar refractivity (Wildman–Crippen MR) is 59.5 cm³/mol. The van der Waals surface area contributed by atoms with Gasteiger partial charge in [0.2, 0.25) is 0 Å². The topological polar surface area (TPSA) is 46.5 Å². The summed E-state index contributed by atoms with van der Waals surface area (Å²) in [7, 11) is 1.60. The van der Waals surface area contributed by atoms with E-state index in [1.165, 1.54) is 0 Å². The molecule has 0 aliphatic carbocycles. The van der Waals surface area contributed by atoms with Crippen LogP contribution >= 0.6 is 11.3 Å². The van der Waals surface area contributed by atoms with Crippen molar-refractivity contribution in [1.82, 2.24) is 0 Å². The molecule has 1 heterocycles. The molecule has 0 bridgehead atoms. The molecule has 0 aliphatic heterocycles. The number of fused-ring (bicyclic) bond motifs is 1. The van der Waals surface area contributed by atoms with Crippen LogP contribution in [0.2, 0.25) is 0 Å². The maximum absolute atomic E-state index is 11.0. The third-order valence-corrected chi connectivity index (χ3v) is 3.20. The van der Waals surface area contributed by atoms with E-state index < -0.39 is 5.97 Å². The van der Waals surface area contributed by atoms with Crippen molar-refractivity contribution in [2.24, 2.45) is 0 Å². The van der Waals surface area contributed by atoms with E-state index in [0.717, 1.165) is 15.6 Å². The zero-order chi connectivity index (χ0) is 10.8. The Bertz CT molecular complexity index is 502. The van der Waals surface area contributed by atoms with Crippen LogP contribution in [-0.4, -0.2) is 18.2 Å². The van der Waals surface area contributed by atoms with Gasteiger partial charge in [-0.3, -0.25) is 0 Å². The molecule has 1 aromatic heterocycles. The number of carboxylic acid groups (broad SMARTS) is 1. The molecule has 1 aromatic carbocycles. The second-order valence-electron chi connectivity index (χ2n) is 3.18. The van der Waals surface area contributed by atoms with Gasteiger partial charge in [0.15, 0.2) is 0 Å². The number of aromatic carboxylic acids is 1. The molecule has 0 atom stereocenters. The van der Waals surface area contributed by atoms with E-state index in [9.17, 15) is 4.79 Å². The summed E-state index contributed by atoms with van der Waals surface area (Å²) in [6.45, 7) is 0.449. The van der Waals surface area contributed by atoms with Gasteiger partial charge in [-0.25, -0.2) is 4.79 Å². The molecule has 2 aromatic rings. The van der Waals surface area contributed by atoms with Crippen LogP contribution in [0.4, 0.5) is 0 Å². The Morgan fingerprint density at radius 2 is 2.33 bits per heavy atom. The first-order valence-corrected chi connectivity index (χ1v) is 5.33. The van der Waals surface area contributed by atoms with Crippen LogP contribution in [0.5, 0.6) is 0 Å². The van der Waals surface area contributed by atoms with Crippen molar-refractivity contribution < 1.29 is 14.6 Å². The third kappa shape index (κ3) is 1.73. The zero-order valence-electron chi connectivity index (χ0n) is 8.19. The van der Waals surface area contributed by atoms with Gasteiger partial charge >= 0.3 is 5.97 Å². The lowest BCUT2D eigenvalue weighted by atomic mass is 10.1. The van der Waals surface area contributed by atoms with E-state index >= 15 is 0 Å². The number of carboxylic acids is 1. The summed E-state index contributed by atoms with van der Waals surface area (Å²) in [5, 5.41) is 11.8. The van der Waals surface area contributed by atoms with Crippen molar-refractivity contribution in [3.63, 3.8) is 0 Å². The minimum absolute atomic E-state index is 0.348. The molecule has 0 saturated heterocycles. The standard InChI is InChI=1S/C11H10O3S/c1-14-5-7-6-15-9-4-2-3-8(10(7)9)11(12)13/h2-4,6H,5H2,1H3,(H,12,13). The first-order chi connectivity index (χ1) is 7.24. The van der Waals surface area contributed by atoms with Gasteiger partial charge in [-0.1, -0.05) is 6.07 Å². The molecule has 0 amide bonds. The van der Waals surface area contributed by atoms with Gasteiger partial charge in [0.1, 0.15) is 0 Å². The van der Waals surface area contributed by atoms with Crippen LogP contribution in [-0.2, 0) is 11.3 Å². The number of hydrogen-bond acceptors (Lipinski definition) is 3. The average molecular weight is 222 g/mol. The second kappa shape index (κ2) is 4.00. The molecular weight excluding hydrogens is 212 g/mol. The monoisotopic (exact) mass is 222 g/mol. The number of rotatable bonds is 3. The SMILES string of the molecule is COCc1csc2cccc(C(=O)O)c12. The molecule has 1 N–H and O–H groups in total. The second-order valence-corrected chi connectivity index (χ2v) is 4.09. The largest absolute Gasteiger partial charge is 0.478 e. The van der Waals surface area contributed by atoms with E-state index in [0.29, 0.717) is 12.2 Å². The van der Waals surface area contributed by atoms with E-state index in [4.69, 9.17) is 9.84 Å². The van der Waals surface area contributed by atoms with Gasteiger partial charge in [0, 0.05) is 17.2 Å². The summed E-state index contributed by atoms with van der Waals surface area (Å²) in [6.07, 6.45) is 0. The van der Waals surface area contributed by atoms with Crippen molar-refractivity contribution in [3.8, 4) is 0 Å². The lowest BCUT2D eigenvalue weighted by molar-refractivity contribution is 0.0699. The highest BCUT2D eigenvalue weighted by molar-refractivity contribution is 7.17. The molecule has 15 heavy (non-hydrogen) atoms. The van der Waals surface area contributed by atoms with Crippen molar-refractivity contribution >= 4 is 27.4 Å². The molecule has 0 saturated carbocycles. The fourth-order valence-corrected chi connectivity index (χ4v) is 2.57. The zero-order valence-corrected chi connectivity index (χ0v) is 9.00. The number of methoxy groups -OCH3 is 1. The smallest absolute Gasteiger partial charge is 0.336 e. The van der Waals surface area contributed by atoms with Crippen molar-refractivity contribution in [3.05, 3.63) is 34.7 Å². The minimum Gasteiger partial charge on any atom is -0.478 e. The summed E-state index contributed by atoms with van der Waals surface area (Å²) in [6, 6.07) is 5.31. The molecule has 0 spiro atoms. The van der Waals surface area contributed by atoms with Crippen molar-refractivity contribution in [2.45, 2.75) is 6.61 Å². The normalized spacial score (nSPS) is 10.7. The van der Waals surface area contributed by atoms with Crippen LogP contribution < -0.4 is 0 Å². The van der Waals surface area contributed by atoms with E-state index in [1.807, 2.05) is 11.4 Å². The lowest BCUT2D eigenvalue weighted by Gasteiger charge is -2.01. The van der Waals surface area contributed by atoms with Crippen molar-refractivity contribution in [1.29, 1.82) is 0 Å². The fourth-order valence-electron chi connectivity index (χ4n) is 1.59. The number of hydrogen-bond donors (Lipinski definition) is 1. The van der Waals surface area contributed by atoms with E-state index in [1.54, 1.807) is 30.6 Å². The highest BCUT2D eigenvalue weighted by Crippen LogP contribution is 2.29. The molecular formula is C11H10O3S. The first-order valence-electron chi connectivity index (χ1n) is 4.45. The van der Waals surface area contributed by atoms with Crippen LogP contribution in [0, 0.1) is 0 Å². The van der Waals surface area contributed by atoms with Gasteiger partial charge in [-0.2, -0.15) is 0 Å². The van der Waals surface area contributed by atoms with Gasteiger partial charge in [0.05, 0.1) is 12.2 Å². The maximum atomic E-state index is 11.0. The lowest BCUT2D eigenvalue weighted by Crippen LogP contribution is -1.98. The Morgan fingerprint density at radius 3 is 3.00 bits per heavy atom. The summed E-state index contributed by atoms with van der Waals surface area (Å²) in [5.41, 5.74) is 1.29. The van der Waals surface area contributed by atoms with Gasteiger partial charge in [-0.05, 0) is 23.1 Å². The molecule has 3 nitrogen and oxygen atoms in total. The number of benzene rings is 1. The Labute approximate surface area is 90.9 Å². The quantitative estimate of drug-likeness (QED) is 0.868. The maximum Gasteiger partial charge on any atom is 0.336 e. The predicted octanol–water partition coefficient (Wildman–Crippen LogP) is 2.75. The Hall–Kier alpha value is -1.39. The number of carbonyl (C=O) groups is 1. The molecule has 0 radical (unpaired) electrons. The van der Waals surface area contributed by atoms with Crippen LogP contribution in [0.25, 0.3) is 10.1 Å². The number of thiophene rings is 1. The molecule has 78 valence electrons. The van der Waals surface area contributed by atoms with Crippen LogP contribution in [0.1, 0.15) is 15.9 Å². The summed E-state index contributed by atoms with van der Waals surface area (Å²) < 4.78 is 6.03. The molecule has 4 heteroatoms. The van der Waals surface area contributed by atoms with Crippen LogP contribution in [0.15, 0.2) is 23.6 Å². The Balaban J connectivity index is 2.69. The van der Waals surface area contributed by atoms with Crippen LogP contribution in [0.3, 0.4) is 0 Å². The molecule has 0 aliphatic rings. The summed E-state index contributed by atoms with van der Waals surface area (Å²) >= 11 is 1.54. The average Bonchev–Trinajstić information content (AvgIpc) is 2.62. The molecule has 0 unspecified atom stereocenters. The van der Waals surface area contributed by atoms with E-state index in [-0.39, 0.29) is 0 Å². The van der Waals surface area contributed by atoms with Crippen molar-refractivity contribution in [2.75, 3.05) is 7.11 Å². The van der Waals surface area contributed by atoms with E-state index in [2.05, 4.69) is 0 Å². The third-order valence-electron chi connectivity index (χ3n) is 2.21. The highest BCUT2D eigenvalue weighted by atomic mass is 32.1. The number of ether oxygens (including phenoxy) is 1. The highest BCUT2D eigenvalue weighted by Gasteiger charge is 2.13. The first kappa shape index (κ1) is 10.1. The Morgan fingerprint density at radius 1 is 1.53 bits per heavy atom. The molecule has 0 fully saturated rings. The Kier molecular flexibility index (Phi) is 2.70. The fraction of sp³-hybridized carbons (Fsp3) is 0.182.